The average Bonchev–Trinajstić information content (AvgIpc) is 3.52. The van der Waals surface area contributed by atoms with Gasteiger partial charge in [0.25, 0.3) is 5.56 Å². The van der Waals surface area contributed by atoms with Crippen molar-refractivity contribution in [1.29, 1.82) is 0 Å². The second-order valence-electron chi connectivity index (χ2n) is 8.57. The van der Waals surface area contributed by atoms with Gasteiger partial charge in [-0.3, -0.25) is 9.36 Å². The summed E-state index contributed by atoms with van der Waals surface area (Å²) in [6.07, 6.45) is 3.13. The Morgan fingerprint density at radius 2 is 1.95 bits per heavy atom. The van der Waals surface area contributed by atoms with Crippen molar-refractivity contribution in [2.75, 3.05) is 13.7 Å². The van der Waals surface area contributed by atoms with Crippen molar-refractivity contribution in [2.24, 2.45) is 4.99 Å². The van der Waals surface area contributed by atoms with Crippen LogP contribution in [0.4, 0.5) is 0 Å². The van der Waals surface area contributed by atoms with Crippen LogP contribution in [0, 0.1) is 0 Å². The molecule has 0 aliphatic carbocycles. The number of allylic oxidation sites excluding steroid dienone is 1. The molecule has 1 unspecified atom stereocenters. The van der Waals surface area contributed by atoms with Crippen molar-refractivity contribution in [3.63, 3.8) is 0 Å². The molecule has 10 heteroatoms. The third-order valence-corrected chi connectivity index (χ3v) is 7.65. The molecule has 5 rings (SSSR count). The summed E-state index contributed by atoms with van der Waals surface area (Å²) < 4.78 is 18.5. The molecule has 0 N–H and O–H groups in total. The van der Waals surface area contributed by atoms with E-state index in [1.54, 1.807) is 62.6 Å². The number of aromatic nitrogens is 1. The highest BCUT2D eigenvalue weighted by Gasteiger charge is 2.33. The van der Waals surface area contributed by atoms with E-state index in [-0.39, 0.29) is 17.7 Å². The van der Waals surface area contributed by atoms with Gasteiger partial charge in [0.15, 0.2) is 4.80 Å². The summed E-state index contributed by atoms with van der Waals surface area (Å²) in [5.41, 5.74) is 1.77. The largest absolute Gasteiger partial charge is 0.497 e. The van der Waals surface area contributed by atoms with Gasteiger partial charge in [0.05, 0.1) is 34.0 Å². The van der Waals surface area contributed by atoms with Crippen molar-refractivity contribution >= 4 is 46.6 Å². The van der Waals surface area contributed by atoms with Gasteiger partial charge < -0.3 is 13.9 Å². The molecule has 3 heterocycles. The maximum absolute atomic E-state index is 13.8. The summed E-state index contributed by atoms with van der Waals surface area (Å²) in [6, 6.07) is 15.0. The number of thiazole rings is 1. The highest BCUT2D eigenvalue weighted by atomic mass is 35.5. The number of fused-ring (bicyclic) bond motifs is 1. The molecule has 2 aromatic heterocycles. The third kappa shape index (κ3) is 5.23. The van der Waals surface area contributed by atoms with Crippen LogP contribution in [0.1, 0.15) is 24.3 Å². The summed E-state index contributed by atoms with van der Waals surface area (Å²) in [7, 11) is 1.57. The number of rotatable bonds is 7. The standard InChI is InChI=1S/C29H22Cl2N2O5S/c1-4-13-37-28(35)25-16(2)32-29-33(26(25)17-5-8-19(36-3)9-6-17)27(34)24(39-29)15-20-10-12-23(38-20)21-14-18(30)7-11-22(21)31/h4-12,14-15,26H,1,13H2,2-3H3. The van der Waals surface area contributed by atoms with E-state index in [4.69, 9.17) is 37.1 Å². The van der Waals surface area contributed by atoms with E-state index in [2.05, 4.69) is 11.6 Å². The maximum atomic E-state index is 13.8. The molecule has 0 saturated carbocycles. The minimum atomic E-state index is -0.746. The van der Waals surface area contributed by atoms with Crippen molar-refractivity contribution in [3.05, 3.63) is 120 Å². The Labute approximate surface area is 237 Å². The molecule has 0 bridgehead atoms. The molecular formula is C29H22Cl2N2O5S. The number of esters is 1. The van der Waals surface area contributed by atoms with Crippen LogP contribution in [0.15, 0.2) is 92.7 Å². The normalized spacial score (nSPS) is 15.1. The molecule has 0 spiro atoms. The summed E-state index contributed by atoms with van der Waals surface area (Å²) in [5.74, 6) is 1.05. The lowest BCUT2D eigenvalue weighted by Gasteiger charge is -2.24. The molecule has 0 amide bonds. The minimum Gasteiger partial charge on any atom is -0.497 e. The molecule has 0 fully saturated rings. The topological polar surface area (TPSA) is 83.0 Å². The fourth-order valence-electron chi connectivity index (χ4n) is 4.29. The quantitative estimate of drug-likeness (QED) is 0.212. The van der Waals surface area contributed by atoms with E-state index in [0.717, 1.165) is 0 Å². The Bertz CT molecular complexity index is 1800. The molecule has 0 radical (unpaired) electrons. The minimum absolute atomic E-state index is 0.0346. The lowest BCUT2D eigenvalue weighted by molar-refractivity contribution is -0.138. The number of hydrogen-bond acceptors (Lipinski definition) is 7. The van der Waals surface area contributed by atoms with Crippen LogP contribution in [0.3, 0.4) is 0 Å². The average molecular weight is 581 g/mol. The van der Waals surface area contributed by atoms with E-state index < -0.39 is 12.0 Å². The monoisotopic (exact) mass is 580 g/mol. The molecule has 4 aromatic rings. The maximum Gasteiger partial charge on any atom is 0.338 e. The molecule has 7 nitrogen and oxygen atoms in total. The van der Waals surface area contributed by atoms with Gasteiger partial charge >= 0.3 is 5.97 Å². The first-order chi connectivity index (χ1) is 18.8. The van der Waals surface area contributed by atoms with Crippen LogP contribution in [0.2, 0.25) is 10.0 Å². The first-order valence-corrected chi connectivity index (χ1v) is 13.4. The van der Waals surface area contributed by atoms with Crippen LogP contribution >= 0.6 is 34.5 Å². The Morgan fingerprint density at radius 1 is 1.18 bits per heavy atom. The number of furan rings is 1. The summed E-state index contributed by atoms with van der Waals surface area (Å²) in [4.78, 5) is 31.9. The second-order valence-corrected chi connectivity index (χ2v) is 10.4. The Morgan fingerprint density at radius 3 is 2.67 bits per heavy atom. The van der Waals surface area contributed by atoms with Crippen molar-refractivity contribution in [1.82, 2.24) is 4.57 Å². The van der Waals surface area contributed by atoms with Gasteiger partial charge in [-0.05, 0) is 55.0 Å². The van der Waals surface area contributed by atoms with Gasteiger partial charge in [-0.15, -0.1) is 0 Å². The number of ether oxygens (including phenoxy) is 2. The van der Waals surface area contributed by atoms with Gasteiger partial charge in [0, 0.05) is 16.7 Å². The number of nitrogens with zero attached hydrogens (tertiary/aromatic N) is 2. The molecule has 0 saturated heterocycles. The van der Waals surface area contributed by atoms with Crippen molar-refractivity contribution < 1.29 is 18.7 Å². The predicted octanol–water partition coefficient (Wildman–Crippen LogP) is 5.54. The van der Waals surface area contributed by atoms with Crippen LogP contribution in [-0.2, 0) is 9.53 Å². The van der Waals surface area contributed by atoms with Crippen LogP contribution in [-0.4, -0.2) is 24.3 Å². The number of hydrogen-bond donors (Lipinski definition) is 0. The molecule has 1 aliphatic rings. The summed E-state index contributed by atoms with van der Waals surface area (Å²) in [5, 5.41) is 1.02. The molecule has 39 heavy (non-hydrogen) atoms. The number of carbonyl (C=O) groups excluding carboxylic acids is 1. The van der Waals surface area contributed by atoms with Gasteiger partial charge in [0.1, 0.15) is 23.9 Å². The second kappa shape index (κ2) is 11.1. The van der Waals surface area contributed by atoms with E-state index in [1.165, 1.54) is 22.0 Å². The Balaban J connectivity index is 1.63. The van der Waals surface area contributed by atoms with Gasteiger partial charge in [-0.25, -0.2) is 9.79 Å². The van der Waals surface area contributed by atoms with E-state index in [1.807, 2.05) is 12.1 Å². The number of carbonyl (C=O) groups is 1. The van der Waals surface area contributed by atoms with Crippen LogP contribution in [0.25, 0.3) is 17.4 Å². The number of benzene rings is 2. The number of halogens is 2. The van der Waals surface area contributed by atoms with E-state index in [0.29, 0.717) is 53.5 Å². The fourth-order valence-corrected chi connectivity index (χ4v) is 5.70. The first-order valence-electron chi connectivity index (χ1n) is 11.8. The lowest BCUT2D eigenvalue weighted by Crippen LogP contribution is -2.39. The fraction of sp³-hybridized carbons (Fsp3) is 0.138. The summed E-state index contributed by atoms with van der Waals surface area (Å²) in [6.45, 7) is 5.37. The summed E-state index contributed by atoms with van der Waals surface area (Å²) >= 11 is 13.7. The molecular weight excluding hydrogens is 559 g/mol. The zero-order valence-corrected chi connectivity index (χ0v) is 23.3. The van der Waals surface area contributed by atoms with Crippen molar-refractivity contribution in [2.45, 2.75) is 13.0 Å². The highest BCUT2D eigenvalue weighted by molar-refractivity contribution is 7.07. The molecule has 2 aromatic carbocycles. The SMILES string of the molecule is C=CCOC(=O)C1=C(C)N=c2sc(=Cc3ccc(-c4cc(Cl)ccc4Cl)o3)c(=O)n2C1c1ccc(OC)cc1. The van der Waals surface area contributed by atoms with E-state index in [9.17, 15) is 9.59 Å². The smallest absolute Gasteiger partial charge is 0.338 e. The van der Waals surface area contributed by atoms with Gasteiger partial charge in [-0.2, -0.15) is 0 Å². The van der Waals surface area contributed by atoms with E-state index >= 15 is 0 Å². The predicted molar refractivity (Wildman–Crippen MR) is 152 cm³/mol. The molecule has 198 valence electrons. The molecule has 1 atom stereocenters. The van der Waals surface area contributed by atoms with Crippen LogP contribution in [0.5, 0.6) is 5.75 Å². The third-order valence-electron chi connectivity index (χ3n) is 6.10. The first kappa shape index (κ1) is 26.7. The van der Waals surface area contributed by atoms with Gasteiger partial charge in [0.2, 0.25) is 0 Å². The van der Waals surface area contributed by atoms with Gasteiger partial charge in [-0.1, -0.05) is 59.3 Å². The Kier molecular flexibility index (Phi) is 7.61. The van der Waals surface area contributed by atoms with Crippen molar-refractivity contribution in [3.8, 4) is 17.1 Å². The zero-order valence-electron chi connectivity index (χ0n) is 20.9. The highest BCUT2D eigenvalue weighted by Crippen LogP contribution is 2.33. The zero-order chi connectivity index (χ0) is 27.7. The van der Waals surface area contributed by atoms with Crippen LogP contribution < -0.4 is 19.6 Å². The molecule has 1 aliphatic heterocycles. The number of methoxy groups -OCH3 is 1. The lowest BCUT2D eigenvalue weighted by atomic mass is 9.96. The Hall–Kier alpha value is -3.85.